The summed E-state index contributed by atoms with van der Waals surface area (Å²) in [4.78, 5) is 0. The van der Waals surface area contributed by atoms with Gasteiger partial charge in [0, 0.05) is 11.1 Å². The van der Waals surface area contributed by atoms with Crippen molar-refractivity contribution >= 4 is 0 Å². The third kappa shape index (κ3) is 2.53. The average Bonchev–Trinajstić information content (AvgIpc) is 2.48. The highest BCUT2D eigenvalue weighted by atomic mass is 19.1. The average molecular weight is 273 g/mol. The Hall–Kier alpha value is -1.91. The molecule has 0 amide bonds. The lowest BCUT2D eigenvalue weighted by Gasteiger charge is -2.31. The van der Waals surface area contributed by atoms with Crippen molar-refractivity contribution in [1.82, 2.24) is 0 Å². The van der Waals surface area contributed by atoms with Crippen LogP contribution in [0.5, 0.6) is 5.75 Å². The van der Waals surface area contributed by atoms with Gasteiger partial charge >= 0.3 is 0 Å². The van der Waals surface area contributed by atoms with E-state index >= 15 is 0 Å². The van der Waals surface area contributed by atoms with Gasteiger partial charge in [0.15, 0.2) is 0 Å². The molecule has 2 atom stereocenters. The van der Waals surface area contributed by atoms with Crippen LogP contribution in [0.1, 0.15) is 17.2 Å². The molecule has 4 heteroatoms. The molecule has 0 bridgehead atoms. The summed E-state index contributed by atoms with van der Waals surface area (Å²) in [5.74, 6) is 0.531. The van der Waals surface area contributed by atoms with Gasteiger partial charge in [-0.25, -0.2) is 4.39 Å². The number of halogens is 1. The Bertz CT molecular complexity index is 603. The molecule has 3 rings (SSSR count). The van der Waals surface area contributed by atoms with Gasteiger partial charge in [0.05, 0.1) is 12.6 Å². The maximum Gasteiger partial charge on any atom is 0.128 e. The molecule has 1 aliphatic heterocycles. The number of rotatable bonds is 3. The Labute approximate surface area is 117 Å². The van der Waals surface area contributed by atoms with Gasteiger partial charge in [0.25, 0.3) is 0 Å². The first-order valence-electron chi connectivity index (χ1n) is 6.58. The van der Waals surface area contributed by atoms with Gasteiger partial charge in [0.2, 0.25) is 0 Å². The number of hydrogen-bond donors (Lipinski definition) is 1. The lowest BCUT2D eigenvalue weighted by Crippen LogP contribution is -2.37. The molecular weight excluding hydrogens is 257 g/mol. The lowest BCUT2D eigenvalue weighted by molar-refractivity contribution is -0.0175. The zero-order valence-corrected chi connectivity index (χ0v) is 11.0. The van der Waals surface area contributed by atoms with E-state index in [9.17, 15) is 4.39 Å². The van der Waals surface area contributed by atoms with Gasteiger partial charge in [-0.2, -0.15) is 0 Å². The molecule has 0 spiro atoms. The largest absolute Gasteiger partial charge is 0.490 e. The Kier molecular flexibility index (Phi) is 3.67. The van der Waals surface area contributed by atoms with Gasteiger partial charge in [-0.1, -0.05) is 36.4 Å². The molecule has 0 aromatic heterocycles. The van der Waals surface area contributed by atoms with Gasteiger partial charge in [-0.3, -0.25) is 0 Å². The van der Waals surface area contributed by atoms with E-state index in [0.717, 1.165) is 11.3 Å². The van der Waals surface area contributed by atoms with Crippen LogP contribution in [0, 0.1) is 5.82 Å². The highest BCUT2D eigenvalue weighted by Gasteiger charge is 2.28. The summed E-state index contributed by atoms with van der Waals surface area (Å²) in [5, 5.41) is 0. The molecule has 2 unspecified atom stereocenters. The predicted octanol–water partition coefficient (Wildman–Crippen LogP) is 2.80. The van der Waals surface area contributed by atoms with E-state index in [1.54, 1.807) is 18.2 Å². The maximum atomic E-state index is 13.5. The third-order valence-corrected chi connectivity index (χ3v) is 3.49. The Morgan fingerprint density at radius 1 is 1.15 bits per heavy atom. The Morgan fingerprint density at radius 3 is 2.75 bits per heavy atom. The van der Waals surface area contributed by atoms with Gasteiger partial charge < -0.3 is 15.2 Å². The molecule has 0 aliphatic carbocycles. The van der Waals surface area contributed by atoms with Gasteiger partial charge in [-0.15, -0.1) is 0 Å². The van der Waals surface area contributed by atoms with Crippen molar-refractivity contribution in [1.29, 1.82) is 0 Å². The molecular formula is C16H16FNO2. The van der Waals surface area contributed by atoms with Crippen molar-refractivity contribution in [3.8, 4) is 5.75 Å². The molecule has 20 heavy (non-hydrogen) atoms. The zero-order valence-electron chi connectivity index (χ0n) is 11.0. The zero-order chi connectivity index (χ0) is 13.9. The van der Waals surface area contributed by atoms with Crippen molar-refractivity contribution in [2.45, 2.75) is 18.8 Å². The van der Waals surface area contributed by atoms with Gasteiger partial charge in [0.1, 0.15) is 24.3 Å². The van der Waals surface area contributed by atoms with E-state index in [-0.39, 0.29) is 24.6 Å². The van der Waals surface area contributed by atoms with Crippen molar-refractivity contribution in [2.75, 3.05) is 6.61 Å². The number of fused-ring (bicyclic) bond motifs is 1. The lowest BCUT2D eigenvalue weighted by atomic mass is 9.99. The van der Waals surface area contributed by atoms with Crippen LogP contribution in [0.25, 0.3) is 0 Å². The number of benzene rings is 2. The molecule has 2 aromatic rings. The fourth-order valence-electron chi connectivity index (χ4n) is 2.33. The summed E-state index contributed by atoms with van der Waals surface area (Å²) >= 11 is 0. The van der Waals surface area contributed by atoms with Crippen LogP contribution in [0.4, 0.5) is 4.39 Å². The van der Waals surface area contributed by atoms with Gasteiger partial charge in [-0.05, 0) is 12.1 Å². The second-order valence-electron chi connectivity index (χ2n) is 4.82. The van der Waals surface area contributed by atoms with Crippen LogP contribution < -0.4 is 10.5 Å². The standard InChI is InChI=1S/C16H16FNO2/c17-13-7-3-1-5-11(13)9-19-15-10-20-14-8-4-2-6-12(14)16(15)18/h1-8,15-16H,9-10,18H2. The van der Waals surface area contributed by atoms with E-state index < -0.39 is 0 Å². The van der Waals surface area contributed by atoms with Crippen molar-refractivity contribution in [2.24, 2.45) is 5.73 Å². The van der Waals surface area contributed by atoms with Crippen molar-refractivity contribution in [3.63, 3.8) is 0 Å². The molecule has 104 valence electrons. The number of ether oxygens (including phenoxy) is 2. The fourth-order valence-corrected chi connectivity index (χ4v) is 2.33. The quantitative estimate of drug-likeness (QED) is 0.935. The molecule has 2 N–H and O–H groups in total. The van der Waals surface area contributed by atoms with Crippen LogP contribution in [0.2, 0.25) is 0 Å². The van der Waals surface area contributed by atoms with Crippen LogP contribution >= 0.6 is 0 Å². The Morgan fingerprint density at radius 2 is 1.90 bits per heavy atom. The maximum absolute atomic E-state index is 13.5. The monoisotopic (exact) mass is 273 g/mol. The predicted molar refractivity (Wildman–Crippen MR) is 73.8 cm³/mol. The molecule has 1 aliphatic rings. The first kappa shape index (κ1) is 13.1. The second kappa shape index (κ2) is 5.61. The molecule has 3 nitrogen and oxygen atoms in total. The summed E-state index contributed by atoms with van der Waals surface area (Å²) in [5.41, 5.74) is 7.65. The van der Waals surface area contributed by atoms with Crippen molar-refractivity contribution < 1.29 is 13.9 Å². The molecule has 1 heterocycles. The van der Waals surface area contributed by atoms with E-state index in [1.807, 2.05) is 24.3 Å². The second-order valence-corrected chi connectivity index (χ2v) is 4.82. The van der Waals surface area contributed by atoms with Crippen LogP contribution in [-0.2, 0) is 11.3 Å². The molecule has 2 aromatic carbocycles. The summed E-state index contributed by atoms with van der Waals surface area (Å²) in [7, 11) is 0. The summed E-state index contributed by atoms with van der Waals surface area (Å²) in [6, 6.07) is 14.0. The number of hydrogen-bond acceptors (Lipinski definition) is 3. The van der Waals surface area contributed by atoms with E-state index in [1.165, 1.54) is 6.07 Å². The molecule has 0 saturated carbocycles. The fraction of sp³-hybridized carbons (Fsp3) is 0.250. The van der Waals surface area contributed by atoms with E-state index in [2.05, 4.69) is 0 Å². The van der Waals surface area contributed by atoms with E-state index in [4.69, 9.17) is 15.2 Å². The Balaban J connectivity index is 1.69. The smallest absolute Gasteiger partial charge is 0.128 e. The minimum absolute atomic E-state index is 0.191. The van der Waals surface area contributed by atoms with Crippen LogP contribution in [-0.4, -0.2) is 12.7 Å². The molecule has 0 radical (unpaired) electrons. The summed E-state index contributed by atoms with van der Waals surface area (Å²) < 4.78 is 24.9. The third-order valence-electron chi connectivity index (χ3n) is 3.49. The van der Waals surface area contributed by atoms with E-state index in [0.29, 0.717) is 12.2 Å². The SMILES string of the molecule is NC1c2ccccc2OCC1OCc1ccccc1F. The van der Waals surface area contributed by atoms with Crippen LogP contribution in [0.15, 0.2) is 48.5 Å². The highest BCUT2D eigenvalue weighted by molar-refractivity contribution is 5.38. The minimum atomic E-state index is -0.274. The first-order chi connectivity index (χ1) is 9.75. The van der Waals surface area contributed by atoms with Crippen molar-refractivity contribution in [3.05, 3.63) is 65.5 Å². The molecule has 0 saturated heterocycles. The van der Waals surface area contributed by atoms with Crippen LogP contribution in [0.3, 0.4) is 0 Å². The first-order valence-corrected chi connectivity index (χ1v) is 6.58. The normalized spacial score (nSPS) is 21.1. The highest BCUT2D eigenvalue weighted by Crippen LogP contribution is 2.31. The topological polar surface area (TPSA) is 44.5 Å². The summed E-state index contributed by atoms with van der Waals surface area (Å²) in [6.07, 6.45) is -0.274. The minimum Gasteiger partial charge on any atom is -0.490 e. The summed E-state index contributed by atoms with van der Waals surface area (Å²) in [6.45, 7) is 0.573. The number of nitrogens with two attached hydrogens (primary N) is 1. The number of para-hydroxylation sites is 1. The molecule has 0 fully saturated rings.